The fraction of sp³-hybridized carbons (Fsp3) is 0.632. The number of carbonyl (C=O) groups excluding carboxylic acids is 1. The number of hydrogen-bond acceptors (Lipinski definition) is 2. The van der Waals surface area contributed by atoms with E-state index in [4.69, 9.17) is 0 Å². The third-order valence-corrected chi connectivity index (χ3v) is 5.36. The van der Waals surface area contributed by atoms with Gasteiger partial charge in [-0.2, -0.15) is 0 Å². The number of hydrogen-bond donors (Lipinski definition) is 1. The molecule has 0 aliphatic carbocycles. The van der Waals surface area contributed by atoms with Gasteiger partial charge in [0, 0.05) is 31.2 Å². The standard InChI is InChI=1S/C19H28N2O.ClH/c1-13(2)15-4-8-18(9-5-15)21(3)19(22)12-14-10-16-6-7-17(11-14)20-16;/h4-5,8-9,13-14,16-17,20H,6-7,10-12H2,1-3H3;1H. The molecule has 2 aliphatic heterocycles. The number of fused-ring (bicyclic) bond motifs is 2. The van der Waals surface area contributed by atoms with Crippen LogP contribution in [-0.2, 0) is 4.79 Å². The molecule has 4 heteroatoms. The first-order valence-electron chi connectivity index (χ1n) is 8.65. The lowest BCUT2D eigenvalue weighted by molar-refractivity contribution is -0.119. The monoisotopic (exact) mass is 336 g/mol. The van der Waals surface area contributed by atoms with E-state index in [9.17, 15) is 4.79 Å². The van der Waals surface area contributed by atoms with Gasteiger partial charge in [-0.05, 0) is 55.2 Å². The molecule has 3 nitrogen and oxygen atoms in total. The van der Waals surface area contributed by atoms with E-state index < -0.39 is 0 Å². The van der Waals surface area contributed by atoms with E-state index in [2.05, 4.69) is 43.4 Å². The Balaban J connectivity index is 0.00000192. The summed E-state index contributed by atoms with van der Waals surface area (Å²) < 4.78 is 0. The fourth-order valence-corrected chi connectivity index (χ4v) is 3.95. The second kappa shape index (κ2) is 7.67. The van der Waals surface area contributed by atoms with Crippen LogP contribution in [0.3, 0.4) is 0 Å². The minimum absolute atomic E-state index is 0. The highest BCUT2D eigenvalue weighted by molar-refractivity contribution is 5.92. The number of halogens is 1. The molecule has 1 aromatic rings. The molecular formula is C19H29ClN2O. The molecule has 0 spiro atoms. The largest absolute Gasteiger partial charge is 0.315 e. The van der Waals surface area contributed by atoms with Gasteiger partial charge >= 0.3 is 0 Å². The van der Waals surface area contributed by atoms with Gasteiger partial charge in [-0.15, -0.1) is 12.4 Å². The summed E-state index contributed by atoms with van der Waals surface area (Å²) in [6.45, 7) is 4.38. The number of carbonyl (C=O) groups is 1. The summed E-state index contributed by atoms with van der Waals surface area (Å²) >= 11 is 0. The van der Waals surface area contributed by atoms with Crippen molar-refractivity contribution in [3.05, 3.63) is 29.8 Å². The van der Waals surface area contributed by atoms with E-state index >= 15 is 0 Å². The van der Waals surface area contributed by atoms with Crippen molar-refractivity contribution in [2.45, 2.75) is 64.0 Å². The molecule has 1 amide bonds. The molecule has 2 atom stereocenters. The summed E-state index contributed by atoms with van der Waals surface area (Å²) in [5.74, 6) is 1.34. The van der Waals surface area contributed by atoms with Crippen LogP contribution in [0.25, 0.3) is 0 Å². The van der Waals surface area contributed by atoms with Crippen molar-refractivity contribution in [2.24, 2.45) is 5.92 Å². The predicted molar refractivity (Wildman–Crippen MR) is 98.5 cm³/mol. The van der Waals surface area contributed by atoms with Crippen LogP contribution in [0.15, 0.2) is 24.3 Å². The van der Waals surface area contributed by atoms with Gasteiger partial charge in [0.1, 0.15) is 0 Å². The SMILES string of the molecule is CC(C)c1ccc(N(C)C(=O)CC2CC3CCC(C2)N3)cc1.Cl. The maximum Gasteiger partial charge on any atom is 0.226 e. The first kappa shape index (κ1) is 18.3. The van der Waals surface area contributed by atoms with Crippen LogP contribution in [-0.4, -0.2) is 25.0 Å². The Hall–Kier alpha value is -1.06. The maximum atomic E-state index is 12.6. The zero-order chi connectivity index (χ0) is 15.7. The summed E-state index contributed by atoms with van der Waals surface area (Å²) in [4.78, 5) is 14.4. The number of benzene rings is 1. The normalized spacial score (nSPS) is 26.0. The smallest absolute Gasteiger partial charge is 0.226 e. The molecule has 1 N–H and O–H groups in total. The van der Waals surface area contributed by atoms with Gasteiger partial charge in [0.25, 0.3) is 0 Å². The summed E-state index contributed by atoms with van der Waals surface area (Å²) in [5, 5.41) is 3.65. The molecule has 0 radical (unpaired) electrons. The van der Waals surface area contributed by atoms with Crippen molar-refractivity contribution in [3.63, 3.8) is 0 Å². The Kier molecular flexibility index (Phi) is 6.10. The molecule has 1 aromatic carbocycles. The Morgan fingerprint density at radius 2 is 1.74 bits per heavy atom. The lowest BCUT2D eigenvalue weighted by atomic mass is 9.89. The fourth-order valence-electron chi connectivity index (χ4n) is 3.95. The van der Waals surface area contributed by atoms with Crippen molar-refractivity contribution in [1.82, 2.24) is 5.32 Å². The van der Waals surface area contributed by atoms with Gasteiger partial charge in [0.15, 0.2) is 0 Å². The van der Waals surface area contributed by atoms with Crippen molar-refractivity contribution < 1.29 is 4.79 Å². The number of rotatable bonds is 4. The molecule has 2 aliphatic rings. The quantitative estimate of drug-likeness (QED) is 0.897. The lowest BCUT2D eigenvalue weighted by Crippen LogP contribution is -2.40. The van der Waals surface area contributed by atoms with Crippen LogP contribution in [0, 0.1) is 5.92 Å². The number of nitrogens with one attached hydrogen (secondary N) is 1. The highest BCUT2D eigenvalue weighted by atomic mass is 35.5. The van der Waals surface area contributed by atoms with Crippen LogP contribution >= 0.6 is 12.4 Å². The second-order valence-electron chi connectivity index (χ2n) is 7.38. The molecule has 2 fully saturated rings. The maximum absolute atomic E-state index is 12.6. The van der Waals surface area contributed by atoms with Crippen LogP contribution in [0.2, 0.25) is 0 Å². The first-order chi connectivity index (χ1) is 10.5. The molecule has 128 valence electrons. The van der Waals surface area contributed by atoms with Gasteiger partial charge < -0.3 is 10.2 Å². The minimum Gasteiger partial charge on any atom is -0.315 e. The minimum atomic E-state index is 0. The lowest BCUT2D eigenvalue weighted by Gasteiger charge is -2.30. The van der Waals surface area contributed by atoms with Crippen molar-refractivity contribution in [3.8, 4) is 0 Å². The van der Waals surface area contributed by atoms with E-state index in [-0.39, 0.29) is 18.3 Å². The average Bonchev–Trinajstić information content (AvgIpc) is 2.85. The highest BCUT2D eigenvalue weighted by Crippen LogP contribution is 2.33. The van der Waals surface area contributed by atoms with Crippen LogP contribution in [0.5, 0.6) is 0 Å². The van der Waals surface area contributed by atoms with Gasteiger partial charge in [-0.25, -0.2) is 0 Å². The Bertz CT molecular complexity index is 517. The Labute approximate surface area is 146 Å². The van der Waals surface area contributed by atoms with Gasteiger partial charge in [-0.3, -0.25) is 4.79 Å². The van der Waals surface area contributed by atoms with Crippen molar-refractivity contribution in [2.75, 3.05) is 11.9 Å². The molecule has 2 saturated heterocycles. The summed E-state index contributed by atoms with van der Waals surface area (Å²) in [7, 11) is 1.91. The Morgan fingerprint density at radius 1 is 1.17 bits per heavy atom. The second-order valence-corrected chi connectivity index (χ2v) is 7.38. The van der Waals surface area contributed by atoms with E-state index in [1.54, 1.807) is 0 Å². The van der Waals surface area contributed by atoms with Crippen molar-refractivity contribution in [1.29, 1.82) is 0 Å². The van der Waals surface area contributed by atoms with Crippen molar-refractivity contribution >= 4 is 24.0 Å². The first-order valence-corrected chi connectivity index (χ1v) is 8.65. The third-order valence-electron chi connectivity index (χ3n) is 5.36. The number of nitrogens with zero attached hydrogens (tertiary/aromatic N) is 1. The zero-order valence-corrected chi connectivity index (χ0v) is 15.2. The molecule has 23 heavy (non-hydrogen) atoms. The van der Waals surface area contributed by atoms with Crippen LogP contribution in [0.4, 0.5) is 5.69 Å². The van der Waals surface area contributed by atoms with E-state index in [1.807, 2.05) is 11.9 Å². The summed E-state index contributed by atoms with van der Waals surface area (Å²) in [6, 6.07) is 9.72. The summed E-state index contributed by atoms with van der Waals surface area (Å²) in [5.41, 5.74) is 2.32. The Morgan fingerprint density at radius 3 is 2.26 bits per heavy atom. The third kappa shape index (κ3) is 4.27. The molecule has 0 saturated carbocycles. The predicted octanol–water partition coefficient (Wildman–Crippen LogP) is 4.12. The summed E-state index contributed by atoms with van der Waals surface area (Å²) in [6.07, 6.45) is 5.62. The number of anilines is 1. The molecule has 3 rings (SSSR count). The zero-order valence-electron chi connectivity index (χ0n) is 14.4. The van der Waals surface area contributed by atoms with E-state index in [1.165, 1.54) is 31.2 Å². The average molecular weight is 337 g/mol. The molecule has 2 heterocycles. The van der Waals surface area contributed by atoms with Gasteiger partial charge in [-0.1, -0.05) is 26.0 Å². The van der Waals surface area contributed by atoms with E-state index in [0.29, 0.717) is 30.3 Å². The van der Waals surface area contributed by atoms with E-state index in [0.717, 1.165) is 5.69 Å². The highest BCUT2D eigenvalue weighted by Gasteiger charge is 2.34. The number of amides is 1. The molecule has 2 bridgehead atoms. The van der Waals surface area contributed by atoms with Gasteiger partial charge in [0.05, 0.1) is 0 Å². The molecular weight excluding hydrogens is 308 g/mol. The van der Waals surface area contributed by atoms with Crippen LogP contribution in [0.1, 0.15) is 57.4 Å². The van der Waals surface area contributed by atoms with Gasteiger partial charge in [0.2, 0.25) is 5.91 Å². The molecule has 2 unspecified atom stereocenters. The topological polar surface area (TPSA) is 32.3 Å². The number of piperidine rings is 1. The molecule has 0 aromatic heterocycles. The van der Waals surface area contributed by atoms with Crippen LogP contribution < -0.4 is 10.2 Å².